The minimum Gasteiger partial charge on any atom is -0.405 e. The van der Waals surface area contributed by atoms with Crippen LogP contribution in [-0.2, 0) is 11.3 Å². The largest absolute Gasteiger partial charge is 0.573 e. The molecule has 9 heteroatoms. The fourth-order valence-electron chi connectivity index (χ4n) is 2.47. The first-order valence-electron chi connectivity index (χ1n) is 8.26. The first kappa shape index (κ1) is 19.2. The third-order valence-electron chi connectivity index (χ3n) is 3.96. The van der Waals surface area contributed by atoms with E-state index in [0.717, 1.165) is 24.2 Å². The van der Waals surface area contributed by atoms with Gasteiger partial charge >= 0.3 is 6.36 Å². The van der Waals surface area contributed by atoms with Gasteiger partial charge in [-0.3, -0.25) is 9.59 Å². The van der Waals surface area contributed by atoms with Crippen LogP contribution < -0.4 is 15.4 Å². The number of aryl methyl sites for hydroxylation is 1. The summed E-state index contributed by atoms with van der Waals surface area (Å²) < 4.78 is 41.4. The van der Waals surface area contributed by atoms with Crippen LogP contribution in [0.3, 0.4) is 0 Å². The normalized spacial score (nSPS) is 13.9. The van der Waals surface area contributed by atoms with E-state index < -0.39 is 12.3 Å². The third-order valence-corrected chi connectivity index (χ3v) is 5.11. The Kier molecular flexibility index (Phi) is 5.41. The van der Waals surface area contributed by atoms with Crippen molar-refractivity contribution in [3.63, 3.8) is 0 Å². The van der Waals surface area contributed by atoms with E-state index in [-0.39, 0.29) is 29.7 Å². The Labute approximate surface area is 157 Å². The lowest BCUT2D eigenvalue weighted by molar-refractivity contribution is -0.274. The van der Waals surface area contributed by atoms with E-state index in [1.807, 2.05) is 0 Å². The van der Waals surface area contributed by atoms with Crippen molar-refractivity contribution in [2.45, 2.75) is 32.7 Å². The smallest absolute Gasteiger partial charge is 0.405 e. The van der Waals surface area contributed by atoms with Crippen LogP contribution in [0.25, 0.3) is 0 Å². The van der Waals surface area contributed by atoms with Crippen LogP contribution in [0, 0.1) is 12.8 Å². The van der Waals surface area contributed by atoms with Crippen molar-refractivity contribution in [1.29, 1.82) is 0 Å². The van der Waals surface area contributed by atoms with Gasteiger partial charge in [-0.1, -0.05) is 18.2 Å². The number of hydrogen-bond acceptors (Lipinski definition) is 4. The number of nitrogens with one attached hydrogen (secondary N) is 2. The average Bonchev–Trinajstić information content (AvgIpc) is 3.36. The van der Waals surface area contributed by atoms with Crippen LogP contribution in [0.1, 0.15) is 33.6 Å². The topological polar surface area (TPSA) is 67.4 Å². The van der Waals surface area contributed by atoms with Gasteiger partial charge in [-0.15, -0.1) is 24.5 Å². The molecule has 5 nitrogen and oxygen atoms in total. The monoisotopic (exact) mass is 398 g/mol. The fourth-order valence-corrected chi connectivity index (χ4v) is 3.46. The molecule has 0 unspecified atom stereocenters. The summed E-state index contributed by atoms with van der Waals surface area (Å²) in [7, 11) is 0. The zero-order chi connectivity index (χ0) is 19.6. The minimum absolute atomic E-state index is 0.0508. The second-order valence-corrected chi connectivity index (χ2v) is 7.28. The van der Waals surface area contributed by atoms with Crippen molar-refractivity contribution >= 4 is 28.2 Å². The number of anilines is 1. The van der Waals surface area contributed by atoms with Crippen LogP contribution in [0.5, 0.6) is 5.75 Å². The van der Waals surface area contributed by atoms with Crippen molar-refractivity contribution in [3.05, 3.63) is 46.3 Å². The van der Waals surface area contributed by atoms with Crippen LogP contribution in [-0.4, -0.2) is 18.2 Å². The predicted molar refractivity (Wildman–Crippen MR) is 94.7 cm³/mol. The summed E-state index contributed by atoms with van der Waals surface area (Å²) >= 11 is 1.14. The zero-order valence-corrected chi connectivity index (χ0v) is 15.2. The van der Waals surface area contributed by atoms with E-state index in [0.29, 0.717) is 15.4 Å². The van der Waals surface area contributed by atoms with Gasteiger partial charge in [0.2, 0.25) is 5.91 Å². The van der Waals surface area contributed by atoms with Crippen molar-refractivity contribution in [2.75, 3.05) is 5.32 Å². The SMILES string of the molecule is Cc1cc(NC(=O)C2CC2)sc1C(=O)NCc1ccccc1OC(F)(F)F. The van der Waals surface area contributed by atoms with Gasteiger partial charge in [0.1, 0.15) is 5.75 Å². The quantitative estimate of drug-likeness (QED) is 0.765. The van der Waals surface area contributed by atoms with Gasteiger partial charge in [0, 0.05) is 18.0 Å². The zero-order valence-electron chi connectivity index (χ0n) is 14.4. The summed E-state index contributed by atoms with van der Waals surface area (Å²) in [5.74, 6) is -0.784. The maximum Gasteiger partial charge on any atom is 0.573 e. The lowest BCUT2D eigenvalue weighted by Crippen LogP contribution is -2.24. The fraction of sp³-hybridized carbons (Fsp3) is 0.333. The number of halogens is 3. The van der Waals surface area contributed by atoms with Gasteiger partial charge in [-0.2, -0.15) is 0 Å². The van der Waals surface area contributed by atoms with Crippen molar-refractivity contribution in [1.82, 2.24) is 5.32 Å². The van der Waals surface area contributed by atoms with Gasteiger partial charge in [0.15, 0.2) is 0 Å². The highest BCUT2D eigenvalue weighted by atomic mass is 32.1. The highest BCUT2D eigenvalue weighted by Gasteiger charge is 2.32. The molecule has 0 radical (unpaired) electrons. The van der Waals surface area contributed by atoms with Crippen LogP contribution in [0.2, 0.25) is 0 Å². The molecule has 0 spiro atoms. The molecule has 144 valence electrons. The summed E-state index contributed by atoms with van der Waals surface area (Å²) in [6.07, 6.45) is -3.05. The van der Waals surface area contributed by atoms with Gasteiger partial charge in [-0.05, 0) is 37.5 Å². The molecule has 0 aliphatic heterocycles. The molecule has 1 aromatic carbocycles. The number of benzene rings is 1. The highest BCUT2D eigenvalue weighted by molar-refractivity contribution is 7.18. The van der Waals surface area contributed by atoms with Gasteiger partial charge in [0.05, 0.1) is 9.88 Å². The molecule has 1 fully saturated rings. The molecule has 0 saturated heterocycles. The van der Waals surface area contributed by atoms with Crippen LogP contribution in [0.15, 0.2) is 30.3 Å². The molecule has 1 saturated carbocycles. The molecule has 27 heavy (non-hydrogen) atoms. The van der Waals surface area contributed by atoms with E-state index in [4.69, 9.17) is 0 Å². The van der Waals surface area contributed by atoms with Crippen LogP contribution in [0.4, 0.5) is 18.2 Å². The Morgan fingerprint density at radius 2 is 1.96 bits per heavy atom. The average molecular weight is 398 g/mol. The van der Waals surface area contributed by atoms with Crippen molar-refractivity contribution in [3.8, 4) is 5.75 Å². The molecule has 1 aromatic heterocycles. The number of carbonyl (C=O) groups is 2. The first-order chi connectivity index (χ1) is 12.7. The molecule has 1 aliphatic carbocycles. The Morgan fingerprint density at radius 1 is 1.26 bits per heavy atom. The molecular weight excluding hydrogens is 381 g/mol. The lowest BCUT2D eigenvalue weighted by atomic mass is 10.2. The second kappa shape index (κ2) is 7.59. The number of thiophene rings is 1. The van der Waals surface area contributed by atoms with Crippen molar-refractivity contribution in [2.24, 2.45) is 5.92 Å². The van der Waals surface area contributed by atoms with Crippen molar-refractivity contribution < 1.29 is 27.5 Å². The summed E-state index contributed by atoms with van der Waals surface area (Å²) in [5, 5.41) is 5.96. The second-order valence-electron chi connectivity index (χ2n) is 6.22. The summed E-state index contributed by atoms with van der Waals surface area (Å²) in [4.78, 5) is 24.6. The van der Waals surface area contributed by atoms with E-state index >= 15 is 0 Å². The lowest BCUT2D eigenvalue weighted by Gasteiger charge is -2.13. The molecule has 0 bridgehead atoms. The number of amides is 2. The van der Waals surface area contributed by atoms with Gasteiger partial charge in [-0.25, -0.2) is 0 Å². The van der Waals surface area contributed by atoms with E-state index in [1.165, 1.54) is 18.2 Å². The molecule has 3 rings (SSSR count). The molecule has 1 aliphatic rings. The number of carbonyl (C=O) groups excluding carboxylic acids is 2. The first-order valence-corrected chi connectivity index (χ1v) is 9.08. The summed E-state index contributed by atoms with van der Waals surface area (Å²) in [6.45, 7) is 1.62. The minimum atomic E-state index is -4.81. The summed E-state index contributed by atoms with van der Waals surface area (Å²) in [5.41, 5.74) is 0.892. The van der Waals surface area contributed by atoms with Crippen LogP contribution >= 0.6 is 11.3 Å². The molecule has 2 N–H and O–H groups in total. The molecule has 1 heterocycles. The number of para-hydroxylation sites is 1. The highest BCUT2D eigenvalue weighted by Crippen LogP contribution is 2.33. The Bertz CT molecular complexity index is 860. The molecule has 2 aromatic rings. The predicted octanol–water partition coefficient (Wildman–Crippen LogP) is 4.23. The Hall–Kier alpha value is -2.55. The number of ether oxygens (including phenoxy) is 1. The molecule has 2 amide bonds. The van der Waals surface area contributed by atoms with E-state index in [1.54, 1.807) is 19.1 Å². The number of alkyl halides is 3. The number of rotatable bonds is 6. The molecule has 0 atom stereocenters. The maximum absolute atomic E-state index is 12.5. The Balaban J connectivity index is 1.64. The Morgan fingerprint density at radius 3 is 2.63 bits per heavy atom. The molecular formula is C18H17F3N2O3S. The van der Waals surface area contributed by atoms with E-state index in [9.17, 15) is 22.8 Å². The third kappa shape index (κ3) is 5.22. The maximum atomic E-state index is 12.5. The standard InChI is InChI=1S/C18H17F3N2O3S/c1-10-8-14(23-16(24)11-6-7-11)27-15(10)17(25)22-9-12-4-2-3-5-13(12)26-18(19,20)21/h2-5,8,11H,6-7,9H2,1H3,(H,22,25)(H,23,24). The summed E-state index contributed by atoms with van der Waals surface area (Å²) in [6, 6.07) is 7.33. The van der Waals surface area contributed by atoms with E-state index in [2.05, 4.69) is 15.4 Å². The van der Waals surface area contributed by atoms with Gasteiger partial charge < -0.3 is 15.4 Å². The number of hydrogen-bond donors (Lipinski definition) is 2. The van der Waals surface area contributed by atoms with Gasteiger partial charge in [0.25, 0.3) is 5.91 Å².